The molecule has 0 saturated heterocycles. The fourth-order valence-corrected chi connectivity index (χ4v) is 1.50. The van der Waals surface area contributed by atoms with E-state index in [9.17, 15) is 0 Å². The van der Waals surface area contributed by atoms with Gasteiger partial charge in [0.1, 0.15) is 0 Å². The molecule has 0 radical (unpaired) electrons. The first kappa shape index (κ1) is 9.87. The number of allylic oxidation sites excluding steroid dienone is 2. The van der Waals surface area contributed by atoms with Crippen molar-refractivity contribution in [3.63, 3.8) is 0 Å². The second-order valence-corrected chi connectivity index (χ2v) is 3.68. The van der Waals surface area contributed by atoms with Gasteiger partial charge < -0.3 is 0 Å². The summed E-state index contributed by atoms with van der Waals surface area (Å²) in [5.41, 5.74) is 12.3. The molecule has 1 aliphatic carbocycles. The Morgan fingerprint density at radius 2 is 2.31 bits per heavy atom. The molecule has 0 aromatic carbocycles. The molecular formula is C10H15N3. The van der Waals surface area contributed by atoms with Gasteiger partial charge in [-0.25, -0.2) is 0 Å². The topological polar surface area (TPSA) is 48.8 Å². The molecule has 1 atom stereocenters. The number of hydrogen-bond donors (Lipinski definition) is 0. The average Bonchev–Trinajstić information content (AvgIpc) is 2.08. The first-order chi connectivity index (χ1) is 6.15. The van der Waals surface area contributed by atoms with Crippen LogP contribution in [0.25, 0.3) is 10.4 Å². The Kier molecular flexibility index (Phi) is 3.15. The highest BCUT2D eigenvalue weighted by atomic mass is 15.1. The maximum absolute atomic E-state index is 8.38. The standard InChI is InChI=1S/C10H15N3/c1-7(2)9-5-4-8(3)10(6-9)12-13-11/h4,10H,5-6H2,1-3H3/t10-/m0/s1. The number of nitrogens with zero attached hydrogens (tertiary/aromatic N) is 3. The van der Waals surface area contributed by atoms with Crippen molar-refractivity contribution in [3.8, 4) is 0 Å². The van der Waals surface area contributed by atoms with Crippen LogP contribution in [0.5, 0.6) is 0 Å². The van der Waals surface area contributed by atoms with E-state index in [0.29, 0.717) is 0 Å². The lowest BCUT2D eigenvalue weighted by atomic mass is 9.89. The van der Waals surface area contributed by atoms with Gasteiger partial charge in [0.25, 0.3) is 0 Å². The molecule has 0 aromatic heterocycles. The minimum atomic E-state index is 0.0450. The largest absolute Gasteiger partial charge is 0.0859 e. The van der Waals surface area contributed by atoms with Gasteiger partial charge >= 0.3 is 0 Å². The fraction of sp³-hybridized carbons (Fsp3) is 0.600. The number of azide groups is 1. The molecule has 70 valence electrons. The van der Waals surface area contributed by atoms with Gasteiger partial charge in [-0.15, -0.1) is 0 Å². The van der Waals surface area contributed by atoms with Crippen molar-refractivity contribution in [1.82, 2.24) is 0 Å². The predicted octanol–water partition coefficient (Wildman–Crippen LogP) is 3.74. The van der Waals surface area contributed by atoms with Crippen LogP contribution in [0.4, 0.5) is 0 Å². The molecule has 0 bridgehead atoms. The second kappa shape index (κ2) is 4.15. The molecule has 0 heterocycles. The third kappa shape index (κ3) is 2.36. The van der Waals surface area contributed by atoms with Crippen LogP contribution in [0.15, 0.2) is 27.9 Å². The zero-order valence-corrected chi connectivity index (χ0v) is 8.41. The lowest BCUT2D eigenvalue weighted by Crippen LogP contribution is -2.11. The van der Waals surface area contributed by atoms with E-state index in [1.54, 1.807) is 0 Å². The summed E-state index contributed by atoms with van der Waals surface area (Å²) in [5, 5.41) is 3.78. The molecule has 0 saturated carbocycles. The van der Waals surface area contributed by atoms with E-state index < -0.39 is 0 Å². The zero-order valence-electron chi connectivity index (χ0n) is 8.41. The lowest BCUT2D eigenvalue weighted by molar-refractivity contribution is 0.703. The Labute approximate surface area is 78.8 Å². The summed E-state index contributed by atoms with van der Waals surface area (Å²) in [6.07, 6.45) is 4.07. The fourth-order valence-electron chi connectivity index (χ4n) is 1.50. The maximum atomic E-state index is 8.38. The second-order valence-electron chi connectivity index (χ2n) is 3.68. The molecule has 0 aromatic rings. The summed E-state index contributed by atoms with van der Waals surface area (Å²) in [6, 6.07) is 0.0450. The first-order valence-corrected chi connectivity index (χ1v) is 4.51. The van der Waals surface area contributed by atoms with Crippen LogP contribution in [0.2, 0.25) is 0 Å². The quantitative estimate of drug-likeness (QED) is 0.253. The van der Waals surface area contributed by atoms with Crippen molar-refractivity contribution in [1.29, 1.82) is 0 Å². The molecular weight excluding hydrogens is 162 g/mol. The molecule has 13 heavy (non-hydrogen) atoms. The van der Waals surface area contributed by atoms with Crippen LogP contribution in [-0.4, -0.2) is 6.04 Å². The number of hydrogen-bond acceptors (Lipinski definition) is 1. The van der Waals surface area contributed by atoms with Crippen LogP contribution < -0.4 is 0 Å². The van der Waals surface area contributed by atoms with E-state index in [4.69, 9.17) is 5.53 Å². The highest BCUT2D eigenvalue weighted by Crippen LogP contribution is 2.27. The Morgan fingerprint density at radius 3 is 2.85 bits per heavy atom. The Hall–Kier alpha value is -1.21. The van der Waals surface area contributed by atoms with Gasteiger partial charge in [-0.2, -0.15) is 0 Å². The van der Waals surface area contributed by atoms with E-state index in [-0.39, 0.29) is 6.04 Å². The predicted molar refractivity (Wildman–Crippen MR) is 54.3 cm³/mol. The average molecular weight is 177 g/mol. The summed E-state index contributed by atoms with van der Waals surface area (Å²) in [7, 11) is 0. The van der Waals surface area contributed by atoms with Crippen LogP contribution in [-0.2, 0) is 0 Å². The van der Waals surface area contributed by atoms with Crippen LogP contribution >= 0.6 is 0 Å². The van der Waals surface area contributed by atoms with Gasteiger partial charge in [-0.1, -0.05) is 27.9 Å². The first-order valence-electron chi connectivity index (χ1n) is 4.51. The smallest absolute Gasteiger partial charge is 0.0619 e. The minimum absolute atomic E-state index is 0.0450. The highest BCUT2D eigenvalue weighted by molar-refractivity contribution is 5.26. The van der Waals surface area contributed by atoms with Gasteiger partial charge in [0, 0.05) is 4.91 Å². The van der Waals surface area contributed by atoms with E-state index in [2.05, 4.69) is 29.9 Å². The number of rotatable bonds is 1. The summed E-state index contributed by atoms with van der Waals surface area (Å²) in [5.74, 6) is 0. The van der Waals surface area contributed by atoms with Gasteiger partial charge in [0.05, 0.1) is 6.04 Å². The molecule has 0 amide bonds. The van der Waals surface area contributed by atoms with Crippen molar-refractivity contribution < 1.29 is 0 Å². The Balaban J connectivity index is 2.89. The van der Waals surface area contributed by atoms with E-state index in [1.807, 2.05) is 6.92 Å². The van der Waals surface area contributed by atoms with Crippen LogP contribution in [0.3, 0.4) is 0 Å². The van der Waals surface area contributed by atoms with Gasteiger partial charge in [-0.05, 0) is 39.1 Å². The molecule has 1 rings (SSSR count). The molecule has 0 unspecified atom stereocenters. The van der Waals surface area contributed by atoms with Crippen molar-refractivity contribution in [3.05, 3.63) is 33.2 Å². The summed E-state index contributed by atoms with van der Waals surface area (Å²) in [4.78, 5) is 2.87. The van der Waals surface area contributed by atoms with Gasteiger partial charge in [0.2, 0.25) is 0 Å². The van der Waals surface area contributed by atoms with Crippen molar-refractivity contribution >= 4 is 0 Å². The molecule has 1 aliphatic rings. The van der Waals surface area contributed by atoms with E-state index >= 15 is 0 Å². The normalized spacial score (nSPS) is 21.9. The lowest BCUT2D eigenvalue weighted by Gasteiger charge is -2.20. The summed E-state index contributed by atoms with van der Waals surface area (Å²) in [6.45, 7) is 6.25. The molecule has 3 heteroatoms. The van der Waals surface area contributed by atoms with Crippen LogP contribution in [0, 0.1) is 0 Å². The van der Waals surface area contributed by atoms with Crippen LogP contribution in [0.1, 0.15) is 33.6 Å². The summed E-state index contributed by atoms with van der Waals surface area (Å²) >= 11 is 0. The van der Waals surface area contributed by atoms with E-state index in [1.165, 1.54) is 16.7 Å². The van der Waals surface area contributed by atoms with Gasteiger partial charge in [0.15, 0.2) is 0 Å². The molecule has 0 N–H and O–H groups in total. The van der Waals surface area contributed by atoms with Gasteiger partial charge in [-0.3, -0.25) is 0 Å². The highest BCUT2D eigenvalue weighted by Gasteiger charge is 2.16. The zero-order chi connectivity index (χ0) is 9.84. The molecule has 0 fully saturated rings. The van der Waals surface area contributed by atoms with Crippen molar-refractivity contribution in [2.24, 2.45) is 5.11 Å². The van der Waals surface area contributed by atoms with Crippen molar-refractivity contribution in [2.45, 2.75) is 39.7 Å². The van der Waals surface area contributed by atoms with E-state index in [0.717, 1.165) is 12.8 Å². The monoisotopic (exact) mass is 177 g/mol. The third-order valence-electron chi connectivity index (χ3n) is 2.53. The molecule has 0 aliphatic heterocycles. The Bertz CT molecular complexity index is 302. The summed E-state index contributed by atoms with van der Waals surface area (Å²) < 4.78 is 0. The SMILES string of the molecule is CC1=CCC(=C(C)C)C[C@@H]1N=[N+]=[N-]. The maximum Gasteiger partial charge on any atom is 0.0619 e. The minimum Gasteiger partial charge on any atom is -0.0859 e. The third-order valence-corrected chi connectivity index (χ3v) is 2.53. The molecule has 3 nitrogen and oxygen atoms in total. The molecule has 0 spiro atoms. The Morgan fingerprint density at radius 1 is 1.62 bits per heavy atom. The van der Waals surface area contributed by atoms with Crippen molar-refractivity contribution in [2.75, 3.05) is 0 Å².